The molecule has 0 atom stereocenters. The topological polar surface area (TPSA) is 83.6 Å². The van der Waals surface area contributed by atoms with Crippen molar-refractivity contribution in [3.05, 3.63) is 70.2 Å². The van der Waals surface area contributed by atoms with Gasteiger partial charge in [-0.3, -0.25) is 24.1 Å². The van der Waals surface area contributed by atoms with Crippen molar-refractivity contribution in [3.63, 3.8) is 0 Å². The molecule has 1 N–H and O–H groups in total. The highest BCUT2D eigenvalue weighted by molar-refractivity contribution is 6.31. The zero-order valence-corrected chi connectivity index (χ0v) is 15.2. The largest absolute Gasteiger partial charge is 0.349 e. The van der Waals surface area contributed by atoms with Crippen LogP contribution in [0.1, 0.15) is 43.9 Å². The number of ketones is 1. The summed E-state index contributed by atoms with van der Waals surface area (Å²) in [4.78, 5) is 49.6. The lowest BCUT2D eigenvalue weighted by atomic mass is 10.1. The minimum atomic E-state index is -0.341. The predicted octanol–water partition coefficient (Wildman–Crippen LogP) is 2.72. The molecule has 0 saturated carbocycles. The van der Waals surface area contributed by atoms with Crippen LogP contribution < -0.4 is 5.32 Å². The van der Waals surface area contributed by atoms with E-state index >= 15 is 0 Å². The molecule has 3 rings (SSSR count). The van der Waals surface area contributed by atoms with Crippen LogP contribution in [0.15, 0.2) is 48.5 Å². The first-order chi connectivity index (χ1) is 13.0. The number of halogens is 1. The van der Waals surface area contributed by atoms with E-state index in [9.17, 15) is 19.2 Å². The Morgan fingerprint density at radius 1 is 0.963 bits per heavy atom. The van der Waals surface area contributed by atoms with Crippen LogP contribution in [-0.4, -0.2) is 41.5 Å². The summed E-state index contributed by atoms with van der Waals surface area (Å²) in [7, 11) is 0. The number of carbonyl (C=O) groups is 4. The summed E-state index contributed by atoms with van der Waals surface area (Å²) in [5.74, 6) is -1.24. The van der Waals surface area contributed by atoms with E-state index in [1.54, 1.807) is 42.5 Å². The van der Waals surface area contributed by atoms with Gasteiger partial charge in [-0.15, -0.1) is 0 Å². The van der Waals surface area contributed by atoms with Crippen molar-refractivity contribution in [1.82, 2.24) is 10.2 Å². The van der Waals surface area contributed by atoms with E-state index in [-0.39, 0.29) is 43.0 Å². The van der Waals surface area contributed by atoms with Gasteiger partial charge in [0, 0.05) is 23.6 Å². The molecular formula is C20H17ClN2O4. The fourth-order valence-electron chi connectivity index (χ4n) is 2.87. The summed E-state index contributed by atoms with van der Waals surface area (Å²) >= 11 is 5.84. The van der Waals surface area contributed by atoms with Gasteiger partial charge in [-0.2, -0.15) is 0 Å². The predicted molar refractivity (Wildman–Crippen MR) is 99.8 cm³/mol. The molecule has 0 spiro atoms. The molecule has 3 amide bonds. The molecule has 0 radical (unpaired) electrons. The van der Waals surface area contributed by atoms with E-state index < -0.39 is 0 Å². The molecule has 1 aliphatic rings. The molecule has 1 heterocycles. The molecule has 27 heavy (non-hydrogen) atoms. The van der Waals surface area contributed by atoms with Crippen molar-refractivity contribution in [1.29, 1.82) is 0 Å². The molecule has 0 saturated heterocycles. The monoisotopic (exact) mass is 384 g/mol. The van der Waals surface area contributed by atoms with Crippen LogP contribution in [0, 0.1) is 0 Å². The summed E-state index contributed by atoms with van der Waals surface area (Å²) in [5, 5.41) is 3.00. The number of Topliss-reactive ketones (excluding diaryl/α,β-unsaturated/α-hetero) is 1. The van der Waals surface area contributed by atoms with Gasteiger partial charge in [0.2, 0.25) is 5.91 Å². The molecule has 138 valence electrons. The van der Waals surface area contributed by atoms with E-state index in [2.05, 4.69) is 5.32 Å². The van der Waals surface area contributed by atoms with Gasteiger partial charge >= 0.3 is 0 Å². The van der Waals surface area contributed by atoms with Gasteiger partial charge in [0.15, 0.2) is 5.78 Å². The second-order valence-electron chi connectivity index (χ2n) is 6.12. The zero-order valence-electron chi connectivity index (χ0n) is 14.4. The Hall–Kier alpha value is -2.99. The highest BCUT2D eigenvalue weighted by atomic mass is 35.5. The molecule has 0 bridgehead atoms. The lowest BCUT2D eigenvalue weighted by Gasteiger charge is -2.13. The van der Waals surface area contributed by atoms with Crippen LogP contribution >= 0.6 is 11.6 Å². The molecule has 0 aromatic heterocycles. The number of carbonyl (C=O) groups excluding carboxylic acids is 4. The number of hydrogen-bond donors (Lipinski definition) is 1. The molecule has 7 heteroatoms. The van der Waals surface area contributed by atoms with Crippen molar-refractivity contribution in [2.75, 3.05) is 13.1 Å². The molecule has 2 aromatic carbocycles. The second-order valence-corrected chi connectivity index (χ2v) is 6.56. The first kappa shape index (κ1) is 18.8. The number of fused-ring (bicyclic) bond motifs is 1. The average molecular weight is 385 g/mol. The summed E-state index contributed by atoms with van der Waals surface area (Å²) < 4.78 is 0. The van der Waals surface area contributed by atoms with Crippen LogP contribution in [0.5, 0.6) is 0 Å². The third-order valence-electron chi connectivity index (χ3n) is 4.26. The van der Waals surface area contributed by atoms with E-state index in [0.29, 0.717) is 28.1 Å². The lowest BCUT2D eigenvalue weighted by Crippen LogP contribution is -2.33. The Labute approximate surface area is 161 Å². The van der Waals surface area contributed by atoms with Gasteiger partial charge in [-0.1, -0.05) is 35.9 Å². The molecule has 0 unspecified atom stereocenters. The third-order valence-corrected chi connectivity index (χ3v) is 4.49. The van der Waals surface area contributed by atoms with Crippen LogP contribution in [0.2, 0.25) is 5.02 Å². The van der Waals surface area contributed by atoms with Crippen LogP contribution in [-0.2, 0) is 4.79 Å². The fourth-order valence-corrected chi connectivity index (χ4v) is 3.06. The summed E-state index contributed by atoms with van der Waals surface area (Å²) in [6, 6.07) is 13.1. The number of benzene rings is 2. The summed E-state index contributed by atoms with van der Waals surface area (Å²) in [5.41, 5.74) is 1.20. The van der Waals surface area contributed by atoms with Crippen molar-refractivity contribution in [2.45, 2.75) is 12.8 Å². The van der Waals surface area contributed by atoms with Crippen molar-refractivity contribution < 1.29 is 19.2 Å². The number of amides is 3. The number of hydrogen-bond acceptors (Lipinski definition) is 4. The lowest BCUT2D eigenvalue weighted by molar-refractivity contribution is -0.121. The summed E-state index contributed by atoms with van der Waals surface area (Å²) in [6.45, 7) is 0.0220. The highest BCUT2D eigenvalue weighted by Gasteiger charge is 2.34. The van der Waals surface area contributed by atoms with Crippen LogP contribution in [0.25, 0.3) is 0 Å². The highest BCUT2D eigenvalue weighted by Crippen LogP contribution is 2.22. The zero-order chi connectivity index (χ0) is 19.4. The van der Waals surface area contributed by atoms with Crippen molar-refractivity contribution in [2.24, 2.45) is 0 Å². The van der Waals surface area contributed by atoms with Gasteiger partial charge in [0.25, 0.3) is 11.8 Å². The van der Waals surface area contributed by atoms with E-state index in [4.69, 9.17) is 11.6 Å². The van der Waals surface area contributed by atoms with Crippen molar-refractivity contribution >= 4 is 35.1 Å². The minimum Gasteiger partial charge on any atom is -0.349 e. The van der Waals surface area contributed by atoms with Gasteiger partial charge in [-0.05, 0) is 30.7 Å². The van der Waals surface area contributed by atoms with E-state index in [0.717, 1.165) is 4.90 Å². The molecule has 0 fully saturated rings. The van der Waals surface area contributed by atoms with Crippen LogP contribution in [0.4, 0.5) is 0 Å². The maximum absolute atomic E-state index is 12.2. The number of nitrogens with zero attached hydrogens (tertiary/aromatic N) is 1. The second kappa shape index (κ2) is 8.14. The number of imide groups is 1. The first-order valence-corrected chi connectivity index (χ1v) is 8.86. The Balaban J connectivity index is 1.45. The van der Waals surface area contributed by atoms with Gasteiger partial charge in [0.1, 0.15) is 0 Å². The standard InChI is InChI=1S/C20H17ClN2O4/c21-14-6-3-5-13(11-14)17(24)12-22-18(25)9-4-10-23-19(26)15-7-1-2-8-16(15)20(23)27/h1-3,5-8,11H,4,9-10,12H2,(H,22,25). The third kappa shape index (κ3) is 4.23. The Morgan fingerprint density at radius 3 is 2.26 bits per heavy atom. The van der Waals surface area contributed by atoms with Gasteiger partial charge < -0.3 is 5.32 Å². The normalized spacial score (nSPS) is 12.9. The molecule has 0 aliphatic carbocycles. The first-order valence-electron chi connectivity index (χ1n) is 8.48. The Bertz CT molecular complexity index is 891. The van der Waals surface area contributed by atoms with Crippen molar-refractivity contribution in [3.8, 4) is 0 Å². The SMILES string of the molecule is O=C(CCCN1C(=O)c2ccccc2C1=O)NCC(=O)c1cccc(Cl)c1. The maximum atomic E-state index is 12.2. The smallest absolute Gasteiger partial charge is 0.261 e. The summed E-state index contributed by atoms with van der Waals surface area (Å²) in [6.07, 6.45) is 0.429. The van der Waals surface area contributed by atoms with E-state index in [1.807, 2.05) is 0 Å². The maximum Gasteiger partial charge on any atom is 0.261 e. The van der Waals surface area contributed by atoms with Gasteiger partial charge in [0.05, 0.1) is 17.7 Å². The number of rotatable bonds is 7. The molecule has 2 aromatic rings. The average Bonchev–Trinajstić information content (AvgIpc) is 2.91. The van der Waals surface area contributed by atoms with E-state index in [1.165, 1.54) is 6.07 Å². The fraction of sp³-hybridized carbons (Fsp3) is 0.200. The molecule has 6 nitrogen and oxygen atoms in total. The minimum absolute atomic E-state index is 0.107. The Morgan fingerprint density at radius 2 is 1.63 bits per heavy atom. The van der Waals surface area contributed by atoms with Crippen LogP contribution in [0.3, 0.4) is 0 Å². The Kier molecular flexibility index (Phi) is 5.66. The molecular weight excluding hydrogens is 368 g/mol. The quantitative estimate of drug-likeness (QED) is 0.587. The number of nitrogens with one attached hydrogen (secondary N) is 1. The van der Waals surface area contributed by atoms with Gasteiger partial charge in [-0.25, -0.2) is 0 Å². The molecule has 1 aliphatic heterocycles.